The van der Waals surface area contributed by atoms with Crippen molar-refractivity contribution in [3.8, 4) is 0 Å². The number of carbonyl (C=O) groups excluding carboxylic acids is 2. The summed E-state index contributed by atoms with van der Waals surface area (Å²) in [6, 6.07) is 7.92. The van der Waals surface area contributed by atoms with Gasteiger partial charge >= 0.3 is 0 Å². The zero-order chi connectivity index (χ0) is 16.1. The molecule has 0 aliphatic carbocycles. The fourth-order valence-electron chi connectivity index (χ4n) is 2.79. The van der Waals surface area contributed by atoms with Gasteiger partial charge in [-0.15, -0.1) is 0 Å². The van der Waals surface area contributed by atoms with Crippen LogP contribution in [0.15, 0.2) is 24.3 Å². The van der Waals surface area contributed by atoms with Gasteiger partial charge in [-0.3, -0.25) is 9.59 Å². The lowest BCUT2D eigenvalue weighted by Gasteiger charge is -2.26. The molecule has 1 aliphatic rings. The van der Waals surface area contributed by atoms with Gasteiger partial charge in [0.15, 0.2) is 0 Å². The Labute approximate surface area is 132 Å². The van der Waals surface area contributed by atoms with Crippen molar-refractivity contribution in [1.29, 1.82) is 0 Å². The predicted octanol–water partition coefficient (Wildman–Crippen LogP) is 1.38. The molecule has 2 amide bonds. The van der Waals surface area contributed by atoms with Crippen LogP contribution < -0.4 is 10.6 Å². The van der Waals surface area contributed by atoms with Crippen LogP contribution in [0.5, 0.6) is 0 Å². The van der Waals surface area contributed by atoms with Crippen LogP contribution in [0, 0.1) is 6.92 Å². The summed E-state index contributed by atoms with van der Waals surface area (Å²) in [5.74, 6) is -0.0587. The van der Waals surface area contributed by atoms with E-state index in [1.807, 2.05) is 43.1 Å². The summed E-state index contributed by atoms with van der Waals surface area (Å²) in [4.78, 5) is 25.8. The van der Waals surface area contributed by atoms with Crippen LogP contribution in [0.3, 0.4) is 0 Å². The van der Waals surface area contributed by atoms with Gasteiger partial charge in [-0.2, -0.15) is 0 Å². The number of aryl methyl sites for hydroxylation is 1. The smallest absolute Gasteiger partial charge is 0.225 e. The molecule has 2 rings (SSSR count). The van der Waals surface area contributed by atoms with Crippen molar-refractivity contribution in [2.75, 3.05) is 20.1 Å². The van der Waals surface area contributed by atoms with E-state index in [0.717, 1.165) is 30.6 Å². The third kappa shape index (κ3) is 4.31. The summed E-state index contributed by atoms with van der Waals surface area (Å²) in [5.41, 5.74) is 2.12. The van der Waals surface area contributed by atoms with Crippen molar-refractivity contribution in [2.45, 2.75) is 38.8 Å². The van der Waals surface area contributed by atoms with E-state index in [1.54, 1.807) is 0 Å². The highest BCUT2D eigenvalue weighted by Crippen LogP contribution is 2.20. The minimum atomic E-state index is -0.276. The highest BCUT2D eigenvalue weighted by molar-refractivity contribution is 5.79. The van der Waals surface area contributed by atoms with Gasteiger partial charge in [0.25, 0.3) is 0 Å². The Morgan fingerprint density at radius 2 is 2.05 bits per heavy atom. The molecule has 1 fully saturated rings. The lowest BCUT2D eigenvalue weighted by Crippen LogP contribution is -2.40. The van der Waals surface area contributed by atoms with Crippen LogP contribution in [0.1, 0.15) is 36.9 Å². The molecule has 120 valence electrons. The van der Waals surface area contributed by atoms with Gasteiger partial charge in [-0.1, -0.05) is 29.8 Å². The Kier molecular flexibility index (Phi) is 5.55. The first kappa shape index (κ1) is 16.5. The van der Waals surface area contributed by atoms with E-state index in [-0.39, 0.29) is 30.3 Å². The van der Waals surface area contributed by atoms with Crippen LogP contribution in [0.4, 0.5) is 0 Å². The first-order valence-electron chi connectivity index (χ1n) is 7.77. The van der Waals surface area contributed by atoms with Crippen LogP contribution in [0.25, 0.3) is 0 Å². The van der Waals surface area contributed by atoms with Crippen molar-refractivity contribution >= 4 is 11.8 Å². The molecule has 0 saturated carbocycles. The molecule has 5 heteroatoms. The van der Waals surface area contributed by atoms with E-state index in [9.17, 15) is 9.59 Å². The number of hydrogen-bond acceptors (Lipinski definition) is 3. The van der Waals surface area contributed by atoms with Crippen molar-refractivity contribution in [1.82, 2.24) is 15.5 Å². The molecule has 0 bridgehead atoms. The lowest BCUT2D eigenvalue weighted by molar-refractivity contribution is -0.132. The molecule has 1 aromatic rings. The number of rotatable bonds is 5. The molecule has 2 unspecified atom stereocenters. The van der Waals surface area contributed by atoms with Gasteiger partial charge in [-0.25, -0.2) is 0 Å². The van der Waals surface area contributed by atoms with Crippen LogP contribution in [-0.2, 0) is 9.59 Å². The van der Waals surface area contributed by atoms with Gasteiger partial charge in [0.05, 0.1) is 12.5 Å². The molecule has 1 saturated heterocycles. The summed E-state index contributed by atoms with van der Waals surface area (Å²) in [6.45, 7) is 5.30. The Morgan fingerprint density at radius 1 is 1.36 bits per heavy atom. The second-order valence-corrected chi connectivity index (χ2v) is 6.02. The Bertz CT molecular complexity index is 521. The monoisotopic (exact) mass is 303 g/mol. The van der Waals surface area contributed by atoms with E-state index in [1.165, 1.54) is 6.92 Å². The van der Waals surface area contributed by atoms with Gasteiger partial charge in [-0.05, 0) is 25.5 Å². The molecular weight excluding hydrogens is 278 g/mol. The number of nitrogens with one attached hydrogen (secondary N) is 2. The standard InChI is InChI=1S/C17H25N3O2/c1-12-4-6-14(7-5-12)16(19-13(2)21)10-17(22)20(3)15-8-9-18-11-15/h4-7,15-16,18H,8-11H2,1-3H3,(H,19,21). The van der Waals surface area contributed by atoms with E-state index < -0.39 is 0 Å². The van der Waals surface area contributed by atoms with Crippen molar-refractivity contribution in [3.05, 3.63) is 35.4 Å². The van der Waals surface area contributed by atoms with E-state index in [0.29, 0.717) is 0 Å². The number of carbonyl (C=O) groups is 2. The first-order valence-corrected chi connectivity index (χ1v) is 7.77. The maximum absolute atomic E-state index is 12.5. The van der Waals surface area contributed by atoms with E-state index >= 15 is 0 Å². The lowest BCUT2D eigenvalue weighted by atomic mass is 10.0. The van der Waals surface area contributed by atoms with Gasteiger partial charge in [0.1, 0.15) is 0 Å². The van der Waals surface area contributed by atoms with E-state index in [2.05, 4.69) is 10.6 Å². The Hall–Kier alpha value is -1.88. The predicted molar refractivity (Wildman–Crippen MR) is 86.4 cm³/mol. The molecule has 0 spiro atoms. The Morgan fingerprint density at radius 3 is 2.59 bits per heavy atom. The molecule has 5 nitrogen and oxygen atoms in total. The fraction of sp³-hybridized carbons (Fsp3) is 0.529. The van der Waals surface area contributed by atoms with Crippen LogP contribution >= 0.6 is 0 Å². The topological polar surface area (TPSA) is 61.4 Å². The molecule has 2 atom stereocenters. The molecular formula is C17H25N3O2. The normalized spacial score (nSPS) is 18.8. The largest absolute Gasteiger partial charge is 0.349 e. The number of amides is 2. The molecule has 1 heterocycles. The van der Waals surface area contributed by atoms with Gasteiger partial charge in [0, 0.05) is 26.6 Å². The zero-order valence-electron chi connectivity index (χ0n) is 13.6. The fourth-order valence-corrected chi connectivity index (χ4v) is 2.79. The number of hydrogen-bond donors (Lipinski definition) is 2. The van der Waals surface area contributed by atoms with Crippen molar-refractivity contribution < 1.29 is 9.59 Å². The third-order valence-corrected chi connectivity index (χ3v) is 4.21. The zero-order valence-corrected chi connectivity index (χ0v) is 13.6. The van der Waals surface area contributed by atoms with Gasteiger partial charge < -0.3 is 15.5 Å². The molecule has 0 radical (unpaired) electrons. The Balaban J connectivity index is 2.06. The minimum Gasteiger partial charge on any atom is -0.349 e. The average molecular weight is 303 g/mol. The average Bonchev–Trinajstić information content (AvgIpc) is 3.00. The van der Waals surface area contributed by atoms with Crippen molar-refractivity contribution in [2.24, 2.45) is 0 Å². The van der Waals surface area contributed by atoms with Crippen LogP contribution in [-0.4, -0.2) is 42.9 Å². The second-order valence-electron chi connectivity index (χ2n) is 6.02. The number of benzene rings is 1. The van der Waals surface area contributed by atoms with Gasteiger partial charge in [0.2, 0.25) is 11.8 Å². The maximum Gasteiger partial charge on any atom is 0.225 e. The summed E-state index contributed by atoms with van der Waals surface area (Å²) >= 11 is 0. The summed E-state index contributed by atoms with van der Waals surface area (Å²) in [6.07, 6.45) is 1.27. The quantitative estimate of drug-likeness (QED) is 0.864. The van der Waals surface area contributed by atoms with Crippen LogP contribution in [0.2, 0.25) is 0 Å². The highest BCUT2D eigenvalue weighted by atomic mass is 16.2. The molecule has 1 aliphatic heterocycles. The number of nitrogens with zero attached hydrogens (tertiary/aromatic N) is 1. The highest BCUT2D eigenvalue weighted by Gasteiger charge is 2.26. The summed E-state index contributed by atoms with van der Waals surface area (Å²) in [7, 11) is 1.85. The second kappa shape index (κ2) is 7.40. The molecule has 0 aromatic heterocycles. The number of likely N-dealkylation sites (N-methyl/N-ethyl adjacent to an activating group) is 1. The maximum atomic E-state index is 12.5. The first-order chi connectivity index (χ1) is 10.5. The third-order valence-electron chi connectivity index (χ3n) is 4.21. The molecule has 1 aromatic carbocycles. The van der Waals surface area contributed by atoms with E-state index in [4.69, 9.17) is 0 Å². The van der Waals surface area contributed by atoms with Crippen molar-refractivity contribution in [3.63, 3.8) is 0 Å². The summed E-state index contributed by atoms with van der Waals surface area (Å²) < 4.78 is 0. The summed E-state index contributed by atoms with van der Waals surface area (Å²) in [5, 5.41) is 6.16. The SMILES string of the molecule is CC(=O)NC(CC(=O)N(C)C1CCNC1)c1ccc(C)cc1. The molecule has 22 heavy (non-hydrogen) atoms. The minimum absolute atomic E-state index is 0.0630. The molecule has 2 N–H and O–H groups in total.